The number of hydrogen-bond acceptors (Lipinski definition) is 2. The van der Waals surface area contributed by atoms with Crippen LogP contribution in [0.2, 0.25) is 0 Å². The molecular formula is C19H27NS. The Morgan fingerprint density at radius 2 is 1.90 bits per heavy atom. The van der Waals surface area contributed by atoms with Gasteiger partial charge in [0.1, 0.15) is 0 Å². The van der Waals surface area contributed by atoms with Crippen molar-refractivity contribution in [1.29, 1.82) is 0 Å². The summed E-state index contributed by atoms with van der Waals surface area (Å²) in [4.78, 5) is 0. The van der Waals surface area contributed by atoms with E-state index in [2.05, 4.69) is 41.9 Å². The summed E-state index contributed by atoms with van der Waals surface area (Å²) in [6.07, 6.45) is 9.69. The van der Waals surface area contributed by atoms with E-state index in [0.29, 0.717) is 6.04 Å². The summed E-state index contributed by atoms with van der Waals surface area (Å²) in [6.45, 7) is 3.40. The molecular weight excluding hydrogens is 274 g/mol. The van der Waals surface area contributed by atoms with Crippen molar-refractivity contribution in [3.8, 4) is 0 Å². The Kier molecular flexibility index (Phi) is 5.32. The van der Waals surface area contributed by atoms with Gasteiger partial charge in [0.2, 0.25) is 0 Å². The third-order valence-electron chi connectivity index (χ3n) is 4.83. The lowest BCUT2D eigenvalue weighted by Crippen LogP contribution is -2.28. The lowest BCUT2D eigenvalue weighted by molar-refractivity contribution is 0.328. The van der Waals surface area contributed by atoms with Crippen LogP contribution in [-0.4, -0.2) is 6.54 Å². The fourth-order valence-corrected chi connectivity index (χ4v) is 4.71. The minimum absolute atomic E-state index is 0.555. The molecule has 0 bridgehead atoms. The number of benzene rings is 1. The predicted octanol–water partition coefficient (Wildman–Crippen LogP) is 5.91. The van der Waals surface area contributed by atoms with Gasteiger partial charge in [-0.15, -0.1) is 11.3 Å². The largest absolute Gasteiger partial charge is 0.310 e. The molecule has 0 aliphatic heterocycles. The fourth-order valence-electron chi connectivity index (χ4n) is 3.71. The monoisotopic (exact) mass is 301 g/mol. The highest BCUT2D eigenvalue weighted by Gasteiger charge is 2.25. The van der Waals surface area contributed by atoms with Crippen molar-refractivity contribution in [3.63, 3.8) is 0 Å². The maximum atomic E-state index is 3.87. The predicted molar refractivity (Wildman–Crippen MR) is 94.1 cm³/mol. The van der Waals surface area contributed by atoms with E-state index >= 15 is 0 Å². The molecule has 1 N–H and O–H groups in total. The molecule has 1 heterocycles. The number of fused-ring (bicyclic) bond motifs is 1. The molecule has 1 aliphatic carbocycles. The van der Waals surface area contributed by atoms with Gasteiger partial charge in [0.25, 0.3) is 0 Å². The van der Waals surface area contributed by atoms with Crippen molar-refractivity contribution < 1.29 is 0 Å². The molecule has 0 saturated heterocycles. The normalized spacial score (nSPS) is 18.7. The topological polar surface area (TPSA) is 12.0 Å². The smallest absolute Gasteiger partial charge is 0.0363 e. The minimum Gasteiger partial charge on any atom is -0.310 e. The van der Waals surface area contributed by atoms with Crippen LogP contribution in [0.25, 0.3) is 10.1 Å². The molecule has 1 nitrogen and oxygen atoms in total. The minimum atomic E-state index is 0.555. The first-order chi connectivity index (χ1) is 10.4. The van der Waals surface area contributed by atoms with Crippen molar-refractivity contribution in [3.05, 3.63) is 35.2 Å². The van der Waals surface area contributed by atoms with Crippen LogP contribution in [0, 0.1) is 5.92 Å². The first-order valence-corrected chi connectivity index (χ1v) is 9.47. The summed E-state index contributed by atoms with van der Waals surface area (Å²) < 4.78 is 1.43. The van der Waals surface area contributed by atoms with Gasteiger partial charge in [-0.2, -0.15) is 0 Å². The molecule has 114 valence electrons. The van der Waals surface area contributed by atoms with E-state index in [9.17, 15) is 0 Å². The van der Waals surface area contributed by atoms with E-state index < -0.39 is 0 Å². The van der Waals surface area contributed by atoms with Crippen LogP contribution in [-0.2, 0) is 0 Å². The molecule has 1 aromatic heterocycles. The van der Waals surface area contributed by atoms with E-state index in [1.54, 1.807) is 5.56 Å². The zero-order valence-corrected chi connectivity index (χ0v) is 13.9. The van der Waals surface area contributed by atoms with Gasteiger partial charge in [0.15, 0.2) is 0 Å². The van der Waals surface area contributed by atoms with Gasteiger partial charge < -0.3 is 5.32 Å². The Morgan fingerprint density at radius 1 is 1.14 bits per heavy atom. The van der Waals surface area contributed by atoms with Crippen LogP contribution in [0.15, 0.2) is 29.6 Å². The Balaban J connectivity index is 1.90. The molecule has 1 atom stereocenters. The summed E-state index contributed by atoms with van der Waals surface area (Å²) in [6, 6.07) is 9.45. The zero-order valence-electron chi connectivity index (χ0n) is 13.1. The lowest BCUT2D eigenvalue weighted by Gasteiger charge is -2.27. The van der Waals surface area contributed by atoms with Crippen molar-refractivity contribution in [2.24, 2.45) is 5.92 Å². The van der Waals surface area contributed by atoms with E-state index in [0.717, 1.165) is 12.5 Å². The average Bonchev–Trinajstić information content (AvgIpc) is 2.75. The van der Waals surface area contributed by atoms with E-state index in [-0.39, 0.29) is 0 Å². The summed E-state index contributed by atoms with van der Waals surface area (Å²) in [5.41, 5.74) is 1.55. The highest BCUT2D eigenvalue weighted by Crippen LogP contribution is 2.38. The highest BCUT2D eigenvalue weighted by atomic mass is 32.1. The van der Waals surface area contributed by atoms with Gasteiger partial charge in [-0.05, 0) is 54.1 Å². The fraction of sp³-hybridized carbons (Fsp3) is 0.579. The maximum Gasteiger partial charge on any atom is 0.0363 e. The third kappa shape index (κ3) is 3.49. The van der Waals surface area contributed by atoms with Crippen molar-refractivity contribution in [2.75, 3.05) is 6.54 Å². The summed E-state index contributed by atoms with van der Waals surface area (Å²) in [5.74, 6) is 0.817. The van der Waals surface area contributed by atoms with Crippen LogP contribution in [0.4, 0.5) is 0 Å². The quantitative estimate of drug-likeness (QED) is 0.677. The standard InChI is InChI=1S/C19H27NS/c1-2-13-20-19(15-9-5-3-4-6-10-15)17-14-21-18-12-8-7-11-16(17)18/h7-8,11-12,14-15,19-20H,2-6,9-10,13H2,1H3. The number of nitrogens with one attached hydrogen (secondary N) is 1. The zero-order chi connectivity index (χ0) is 14.5. The molecule has 1 aromatic carbocycles. The van der Waals surface area contributed by atoms with Gasteiger partial charge >= 0.3 is 0 Å². The molecule has 0 amide bonds. The highest BCUT2D eigenvalue weighted by molar-refractivity contribution is 7.17. The molecule has 1 unspecified atom stereocenters. The number of thiophene rings is 1. The number of hydrogen-bond donors (Lipinski definition) is 1. The SMILES string of the molecule is CCCNC(c1csc2ccccc12)C1CCCCCC1. The van der Waals surface area contributed by atoms with Crippen molar-refractivity contribution in [1.82, 2.24) is 5.32 Å². The summed E-state index contributed by atoms with van der Waals surface area (Å²) in [5, 5.41) is 7.75. The van der Waals surface area contributed by atoms with Crippen LogP contribution in [0.1, 0.15) is 63.5 Å². The molecule has 21 heavy (non-hydrogen) atoms. The second-order valence-electron chi connectivity index (χ2n) is 6.37. The Labute approximate surface area is 132 Å². The second kappa shape index (κ2) is 7.42. The van der Waals surface area contributed by atoms with Gasteiger partial charge in [-0.3, -0.25) is 0 Å². The van der Waals surface area contributed by atoms with Crippen LogP contribution in [0.5, 0.6) is 0 Å². The van der Waals surface area contributed by atoms with Gasteiger partial charge in [-0.1, -0.05) is 50.8 Å². The van der Waals surface area contributed by atoms with Crippen molar-refractivity contribution in [2.45, 2.75) is 57.9 Å². The van der Waals surface area contributed by atoms with E-state index in [1.165, 1.54) is 55.0 Å². The molecule has 3 rings (SSSR count). The molecule has 1 fully saturated rings. The average molecular weight is 301 g/mol. The maximum absolute atomic E-state index is 3.87. The molecule has 0 radical (unpaired) electrons. The summed E-state index contributed by atoms with van der Waals surface area (Å²) in [7, 11) is 0. The molecule has 1 saturated carbocycles. The van der Waals surface area contributed by atoms with Crippen LogP contribution in [0.3, 0.4) is 0 Å². The Hall–Kier alpha value is -0.860. The third-order valence-corrected chi connectivity index (χ3v) is 5.81. The lowest BCUT2D eigenvalue weighted by atomic mass is 9.87. The van der Waals surface area contributed by atoms with Gasteiger partial charge in [0, 0.05) is 10.7 Å². The molecule has 2 heteroatoms. The van der Waals surface area contributed by atoms with Crippen LogP contribution >= 0.6 is 11.3 Å². The second-order valence-corrected chi connectivity index (χ2v) is 7.28. The van der Waals surface area contributed by atoms with E-state index in [4.69, 9.17) is 0 Å². The van der Waals surface area contributed by atoms with Gasteiger partial charge in [0.05, 0.1) is 0 Å². The number of rotatable bonds is 5. The Bertz CT molecular complexity index is 551. The van der Waals surface area contributed by atoms with Crippen LogP contribution < -0.4 is 5.32 Å². The van der Waals surface area contributed by atoms with Crippen molar-refractivity contribution >= 4 is 21.4 Å². The first-order valence-electron chi connectivity index (χ1n) is 8.59. The first kappa shape index (κ1) is 15.1. The summed E-state index contributed by atoms with van der Waals surface area (Å²) >= 11 is 1.90. The molecule has 0 spiro atoms. The molecule has 2 aromatic rings. The van der Waals surface area contributed by atoms with Gasteiger partial charge in [-0.25, -0.2) is 0 Å². The Morgan fingerprint density at radius 3 is 2.67 bits per heavy atom. The van der Waals surface area contributed by atoms with E-state index in [1.807, 2.05) is 11.3 Å². The molecule has 1 aliphatic rings.